The Kier molecular flexibility index (Phi) is 7.05. The van der Waals surface area contributed by atoms with Crippen LogP contribution < -0.4 is 5.32 Å². The number of rotatable bonds is 7. The van der Waals surface area contributed by atoms with E-state index in [0.29, 0.717) is 24.5 Å². The van der Waals surface area contributed by atoms with Crippen LogP contribution in [0.3, 0.4) is 0 Å². The van der Waals surface area contributed by atoms with E-state index < -0.39 is 0 Å². The van der Waals surface area contributed by atoms with Crippen LogP contribution in [0.4, 0.5) is 0 Å². The van der Waals surface area contributed by atoms with Crippen molar-refractivity contribution in [1.82, 2.24) is 15.1 Å². The number of nitriles is 1. The van der Waals surface area contributed by atoms with Gasteiger partial charge in [0.15, 0.2) is 0 Å². The standard InChI is InChI=1S/C24H23ClN4O/c1-17-22(18(2)29(28-17)16-20-10-6-7-11-23(20)25)14-21(15-26)24(30)27-13-12-19-8-4-3-5-9-19/h3-11,14H,12-13,16H2,1-2H3,(H,27,30)/b21-14+. The molecule has 0 radical (unpaired) electrons. The third-order valence-corrected chi connectivity index (χ3v) is 5.28. The zero-order chi connectivity index (χ0) is 21.5. The lowest BCUT2D eigenvalue weighted by Crippen LogP contribution is -2.26. The predicted molar refractivity (Wildman–Crippen MR) is 119 cm³/mol. The molecule has 6 heteroatoms. The third kappa shape index (κ3) is 5.16. The molecule has 0 atom stereocenters. The minimum absolute atomic E-state index is 0.0616. The highest BCUT2D eigenvalue weighted by molar-refractivity contribution is 6.31. The van der Waals surface area contributed by atoms with E-state index in [1.807, 2.05) is 79.2 Å². The van der Waals surface area contributed by atoms with Gasteiger partial charge in [-0.1, -0.05) is 60.1 Å². The summed E-state index contributed by atoms with van der Waals surface area (Å²) in [6, 6.07) is 19.5. The molecule has 1 amide bonds. The highest BCUT2D eigenvalue weighted by Crippen LogP contribution is 2.21. The summed E-state index contributed by atoms with van der Waals surface area (Å²) in [5.74, 6) is -0.383. The lowest BCUT2D eigenvalue weighted by Gasteiger charge is -2.07. The number of hydrogen-bond acceptors (Lipinski definition) is 3. The van der Waals surface area contributed by atoms with Crippen LogP contribution in [0.25, 0.3) is 6.08 Å². The van der Waals surface area contributed by atoms with Crippen LogP contribution in [0.5, 0.6) is 0 Å². The van der Waals surface area contributed by atoms with Gasteiger partial charge in [0.2, 0.25) is 0 Å². The molecule has 2 aromatic carbocycles. The van der Waals surface area contributed by atoms with E-state index in [4.69, 9.17) is 11.6 Å². The van der Waals surface area contributed by atoms with Crippen molar-refractivity contribution in [1.29, 1.82) is 5.26 Å². The highest BCUT2D eigenvalue weighted by Gasteiger charge is 2.15. The van der Waals surface area contributed by atoms with Gasteiger partial charge in [0.25, 0.3) is 5.91 Å². The molecule has 0 aliphatic rings. The molecule has 152 valence electrons. The maximum absolute atomic E-state index is 12.5. The average Bonchev–Trinajstić information content (AvgIpc) is 3.01. The fourth-order valence-electron chi connectivity index (χ4n) is 3.21. The summed E-state index contributed by atoms with van der Waals surface area (Å²) in [4.78, 5) is 12.5. The van der Waals surface area contributed by atoms with E-state index in [1.165, 1.54) is 0 Å². The molecule has 0 saturated carbocycles. The molecule has 0 aliphatic carbocycles. The number of nitrogens with zero attached hydrogens (tertiary/aromatic N) is 3. The number of hydrogen-bond donors (Lipinski definition) is 1. The van der Waals surface area contributed by atoms with Crippen LogP contribution in [-0.2, 0) is 17.8 Å². The molecular formula is C24H23ClN4O. The van der Waals surface area contributed by atoms with Crippen molar-refractivity contribution in [2.24, 2.45) is 0 Å². The lowest BCUT2D eigenvalue weighted by molar-refractivity contribution is -0.117. The second-order valence-electron chi connectivity index (χ2n) is 6.99. The molecule has 3 aromatic rings. The summed E-state index contributed by atoms with van der Waals surface area (Å²) in [7, 11) is 0. The summed E-state index contributed by atoms with van der Waals surface area (Å²) in [5.41, 5.74) is 4.55. The van der Waals surface area contributed by atoms with Crippen LogP contribution in [0.2, 0.25) is 5.02 Å². The molecule has 0 unspecified atom stereocenters. The molecule has 5 nitrogen and oxygen atoms in total. The van der Waals surface area contributed by atoms with Crippen molar-refractivity contribution < 1.29 is 4.79 Å². The first-order chi connectivity index (χ1) is 14.5. The number of aromatic nitrogens is 2. The molecule has 1 N–H and O–H groups in total. The monoisotopic (exact) mass is 418 g/mol. The molecule has 0 bridgehead atoms. The summed E-state index contributed by atoms with van der Waals surface area (Å²) in [6.45, 7) is 4.77. The molecule has 0 saturated heterocycles. The van der Waals surface area contributed by atoms with Gasteiger partial charge in [-0.15, -0.1) is 0 Å². The van der Waals surface area contributed by atoms with Gasteiger partial charge in [0, 0.05) is 22.8 Å². The Balaban J connectivity index is 1.73. The summed E-state index contributed by atoms with van der Waals surface area (Å²) >= 11 is 6.27. The number of nitrogens with one attached hydrogen (secondary N) is 1. The summed E-state index contributed by atoms with van der Waals surface area (Å²) in [6.07, 6.45) is 2.32. The fourth-order valence-corrected chi connectivity index (χ4v) is 3.41. The van der Waals surface area contributed by atoms with Crippen molar-refractivity contribution in [2.75, 3.05) is 6.54 Å². The van der Waals surface area contributed by atoms with Crippen molar-refractivity contribution in [3.63, 3.8) is 0 Å². The van der Waals surface area contributed by atoms with E-state index in [0.717, 1.165) is 28.1 Å². The number of aryl methyl sites for hydroxylation is 1. The minimum atomic E-state index is -0.383. The van der Waals surface area contributed by atoms with Gasteiger partial charge in [0.1, 0.15) is 11.6 Å². The second-order valence-corrected chi connectivity index (χ2v) is 7.40. The maximum Gasteiger partial charge on any atom is 0.261 e. The van der Waals surface area contributed by atoms with Crippen molar-refractivity contribution in [3.8, 4) is 6.07 Å². The van der Waals surface area contributed by atoms with Gasteiger partial charge in [-0.2, -0.15) is 10.4 Å². The van der Waals surface area contributed by atoms with Crippen molar-refractivity contribution in [3.05, 3.63) is 93.3 Å². The van der Waals surface area contributed by atoms with Crippen LogP contribution in [0, 0.1) is 25.2 Å². The number of carbonyl (C=O) groups is 1. The van der Waals surface area contributed by atoms with Gasteiger partial charge in [-0.05, 0) is 43.5 Å². The minimum Gasteiger partial charge on any atom is -0.351 e. The first-order valence-electron chi connectivity index (χ1n) is 9.71. The van der Waals surface area contributed by atoms with E-state index >= 15 is 0 Å². The molecule has 1 aromatic heterocycles. The average molecular weight is 419 g/mol. The summed E-state index contributed by atoms with van der Waals surface area (Å²) < 4.78 is 1.84. The van der Waals surface area contributed by atoms with Crippen LogP contribution in [0.1, 0.15) is 28.1 Å². The number of amides is 1. The number of benzene rings is 2. The Morgan fingerprint density at radius 3 is 2.57 bits per heavy atom. The molecule has 30 heavy (non-hydrogen) atoms. The topological polar surface area (TPSA) is 70.7 Å². The Morgan fingerprint density at radius 2 is 1.87 bits per heavy atom. The maximum atomic E-state index is 12.5. The third-order valence-electron chi connectivity index (χ3n) is 4.91. The number of halogens is 1. The van der Waals surface area contributed by atoms with E-state index in [9.17, 15) is 10.1 Å². The molecule has 1 heterocycles. The van der Waals surface area contributed by atoms with E-state index in [1.54, 1.807) is 6.08 Å². The quantitative estimate of drug-likeness (QED) is 0.454. The Labute approximate surface area is 181 Å². The molecular weight excluding hydrogens is 396 g/mol. The second kappa shape index (κ2) is 9.91. The SMILES string of the molecule is Cc1nn(Cc2ccccc2Cl)c(C)c1/C=C(\C#N)C(=O)NCCc1ccccc1. The molecule has 0 fully saturated rings. The van der Waals surface area contributed by atoms with E-state index in [2.05, 4.69) is 10.4 Å². The lowest BCUT2D eigenvalue weighted by atomic mass is 10.1. The highest BCUT2D eigenvalue weighted by atomic mass is 35.5. The fraction of sp³-hybridized carbons (Fsp3) is 0.208. The van der Waals surface area contributed by atoms with Gasteiger partial charge >= 0.3 is 0 Å². The largest absolute Gasteiger partial charge is 0.351 e. The Hall–Kier alpha value is -3.36. The smallest absolute Gasteiger partial charge is 0.261 e. The molecule has 0 aliphatic heterocycles. The van der Waals surface area contributed by atoms with E-state index in [-0.39, 0.29) is 11.5 Å². The normalized spacial score (nSPS) is 11.2. The van der Waals surface area contributed by atoms with Gasteiger partial charge < -0.3 is 5.32 Å². The van der Waals surface area contributed by atoms with Gasteiger partial charge in [-0.3, -0.25) is 9.48 Å². The zero-order valence-corrected chi connectivity index (χ0v) is 17.8. The predicted octanol–water partition coefficient (Wildman–Crippen LogP) is 4.47. The summed E-state index contributed by atoms with van der Waals surface area (Å²) in [5, 5.41) is 17.6. The van der Waals surface area contributed by atoms with Gasteiger partial charge in [-0.25, -0.2) is 0 Å². The zero-order valence-electron chi connectivity index (χ0n) is 17.0. The van der Waals surface area contributed by atoms with Crippen LogP contribution >= 0.6 is 11.6 Å². The van der Waals surface area contributed by atoms with Crippen molar-refractivity contribution in [2.45, 2.75) is 26.8 Å². The van der Waals surface area contributed by atoms with Crippen molar-refractivity contribution >= 4 is 23.6 Å². The molecule has 3 rings (SSSR count). The Bertz CT molecular complexity index is 1110. The van der Waals surface area contributed by atoms with Crippen LogP contribution in [0.15, 0.2) is 60.2 Å². The van der Waals surface area contributed by atoms with Gasteiger partial charge in [0.05, 0.1) is 12.2 Å². The van der Waals surface area contributed by atoms with Crippen LogP contribution in [-0.4, -0.2) is 22.2 Å². The Morgan fingerprint density at radius 1 is 1.17 bits per heavy atom. The number of carbonyl (C=O) groups excluding carboxylic acids is 1. The first kappa shape index (κ1) is 21.4. The first-order valence-corrected chi connectivity index (χ1v) is 10.1. The molecule has 0 spiro atoms.